The fraction of sp³-hybridized carbons (Fsp3) is 0.281. The van der Waals surface area contributed by atoms with Crippen molar-refractivity contribution in [3.05, 3.63) is 107 Å². The zero-order valence-corrected chi connectivity index (χ0v) is 23.5. The number of alkyl halides is 3. The van der Waals surface area contributed by atoms with Crippen LogP contribution in [0.5, 0.6) is 5.75 Å². The van der Waals surface area contributed by atoms with Gasteiger partial charge < -0.3 is 24.4 Å². The maximum atomic E-state index is 13.7. The Labute approximate surface area is 252 Å². The van der Waals surface area contributed by atoms with Gasteiger partial charge in [-0.05, 0) is 48.0 Å². The summed E-state index contributed by atoms with van der Waals surface area (Å²) < 4.78 is 57.2. The summed E-state index contributed by atoms with van der Waals surface area (Å²) in [5, 5.41) is 11.9. The van der Waals surface area contributed by atoms with E-state index in [-0.39, 0.29) is 49.2 Å². The fourth-order valence-electron chi connectivity index (χ4n) is 5.00. The Morgan fingerprint density at radius 1 is 0.886 bits per heavy atom. The van der Waals surface area contributed by atoms with Crippen molar-refractivity contribution in [1.82, 2.24) is 10.2 Å². The summed E-state index contributed by atoms with van der Waals surface area (Å²) >= 11 is 0. The first-order valence-electron chi connectivity index (χ1n) is 13.9. The van der Waals surface area contributed by atoms with E-state index in [1.54, 1.807) is 24.3 Å². The number of benzene rings is 3. The molecule has 0 bridgehead atoms. The summed E-state index contributed by atoms with van der Waals surface area (Å²) in [4.78, 5) is 29.7. The summed E-state index contributed by atoms with van der Waals surface area (Å²) in [5.74, 6) is 0.383. The topological polar surface area (TPSA) is 104 Å². The van der Waals surface area contributed by atoms with Crippen LogP contribution in [0.25, 0.3) is 0 Å². The number of ether oxygens (including phenoxy) is 3. The Balaban J connectivity index is 1.24. The van der Waals surface area contributed by atoms with Gasteiger partial charge in [0.05, 0.1) is 73.2 Å². The van der Waals surface area contributed by atoms with Gasteiger partial charge >= 0.3 is 12.2 Å². The molecule has 0 aliphatic carbocycles. The average Bonchev–Trinajstić information content (AvgIpc) is 3.35. The number of nitrogens with zero attached hydrogens (tertiary/aromatic N) is 3. The zero-order chi connectivity index (χ0) is 31.1. The van der Waals surface area contributed by atoms with E-state index in [9.17, 15) is 22.8 Å². The number of hydrogen-bond acceptors (Lipinski definition) is 6. The van der Waals surface area contributed by atoms with Gasteiger partial charge in [-0.15, -0.1) is 0 Å². The molecule has 0 fully saturated rings. The average molecular weight is 607 g/mol. The molecule has 5 rings (SSSR count). The molecule has 2 heterocycles. The molecule has 3 aromatic carbocycles. The number of nitrogens with one attached hydrogen (secondary N) is 1. The van der Waals surface area contributed by atoms with Gasteiger partial charge in [0.1, 0.15) is 12.4 Å². The van der Waals surface area contributed by atoms with Crippen molar-refractivity contribution in [1.29, 1.82) is 5.26 Å². The third kappa shape index (κ3) is 7.02. The lowest BCUT2D eigenvalue weighted by Crippen LogP contribution is -2.47. The third-order valence-corrected chi connectivity index (χ3v) is 7.12. The summed E-state index contributed by atoms with van der Waals surface area (Å²) in [6.07, 6.45) is -4.61. The molecule has 0 radical (unpaired) electrons. The number of halogens is 3. The normalized spacial score (nSPS) is 16.5. The molecule has 1 N–H and O–H groups in total. The van der Waals surface area contributed by atoms with Crippen LogP contribution in [0.3, 0.4) is 0 Å². The molecule has 1 unspecified atom stereocenters. The Hall–Kier alpha value is -4.86. The van der Waals surface area contributed by atoms with Gasteiger partial charge in [0.2, 0.25) is 0 Å². The van der Waals surface area contributed by atoms with Gasteiger partial charge in [0.15, 0.2) is 0 Å². The Kier molecular flexibility index (Phi) is 9.47. The lowest BCUT2D eigenvalue weighted by Gasteiger charge is -2.33. The Morgan fingerprint density at radius 2 is 1.59 bits per heavy atom. The number of nitriles is 1. The van der Waals surface area contributed by atoms with Crippen molar-refractivity contribution in [2.45, 2.75) is 12.2 Å². The molecule has 2 aliphatic heterocycles. The van der Waals surface area contributed by atoms with Crippen LogP contribution in [0, 0.1) is 11.3 Å². The molecule has 0 spiro atoms. The van der Waals surface area contributed by atoms with E-state index in [1.807, 2.05) is 36.4 Å². The molecule has 12 heteroatoms. The number of carbonyl (C=O) groups excluding carboxylic acids is 2. The van der Waals surface area contributed by atoms with Crippen LogP contribution in [-0.4, -0.2) is 63.0 Å². The minimum atomic E-state index is -4.61. The molecule has 0 saturated carbocycles. The maximum absolute atomic E-state index is 13.7. The minimum Gasteiger partial charge on any atom is -0.491 e. The largest absolute Gasteiger partial charge is 0.491 e. The summed E-state index contributed by atoms with van der Waals surface area (Å²) in [5.41, 5.74) is 0.570. The summed E-state index contributed by atoms with van der Waals surface area (Å²) in [6.45, 7) is 1.74. The second kappa shape index (κ2) is 13.6. The molecule has 9 nitrogen and oxygen atoms in total. The van der Waals surface area contributed by atoms with Crippen molar-refractivity contribution in [2.24, 2.45) is 0 Å². The number of amides is 3. The monoisotopic (exact) mass is 606 g/mol. The molecular weight excluding hydrogens is 577 g/mol. The van der Waals surface area contributed by atoms with Crippen molar-refractivity contribution in [2.75, 3.05) is 51.0 Å². The van der Waals surface area contributed by atoms with E-state index in [0.717, 1.165) is 22.8 Å². The zero-order valence-electron chi connectivity index (χ0n) is 23.5. The van der Waals surface area contributed by atoms with Crippen molar-refractivity contribution in [3.8, 4) is 11.8 Å². The summed E-state index contributed by atoms with van der Waals surface area (Å²) in [7, 11) is 0. The molecule has 3 aromatic rings. The van der Waals surface area contributed by atoms with Crippen molar-refractivity contribution >= 4 is 17.6 Å². The molecule has 1 atom stereocenters. The smallest absolute Gasteiger partial charge is 0.416 e. The molecule has 2 aliphatic rings. The first kappa shape index (κ1) is 30.6. The van der Waals surface area contributed by atoms with Gasteiger partial charge in [-0.3, -0.25) is 9.69 Å². The van der Waals surface area contributed by atoms with E-state index in [1.165, 1.54) is 17.0 Å². The van der Waals surface area contributed by atoms with Crippen LogP contribution < -0.4 is 15.0 Å². The number of urea groups is 1. The SMILES string of the molecule is N#Cc1ccc(C2NC(=O)N(c3cccc(C(F)(F)F)c3)C3=C2C(=O)N(CCOCCOCCOc2ccccc2)C3)cc1. The van der Waals surface area contributed by atoms with E-state index in [4.69, 9.17) is 19.5 Å². The van der Waals surface area contributed by atoms with E-state index < -0.39 is 23.8 Å². The van der Waals surface area contributed by atoms with Gasteiger partial charge in [0, 0.05) is 6.54 Å². The second-order valence-electron chi connectivity index (χ2n) is 9.97. The van der Waals surface area contributed by atoms with E-state index in [2.05, 4.69) is 5.32 Å². The number of hydrogen-bond donors (Lipinski definition) is 1. The van der Waals surface area contributed by atoms with Crippen LogP contribution in [0.2, 0.25) is 0 Å². The van der Waals surface area contributed by atoms with Crippen LogP contribution in [0.4, 0.5) is 23.7 Å². The number of rotatable bonds is 12. The van der Waals surface area contributed by atoms with Crippen LogP contribution in [0.15, 0.2) is 90.1 Å². The van der Waals surface area contributed by atoms with E-state index >= 15 is 0 Å². The van der Waals surface area contributed by atoms with Crippen molar-refractivity contribution < 1.29 is 37.0 Å². The third-order valence-electron chi connectivity index (χ3n) is 7.12. The van der Waals surface area contributed by atoms with Crippen LogP contribution in [-0.2, 0) is 20.4 Å². The summed E-state index contributed by atoms with van der Waals surface area (Å²) in [6, 6.07) is 20.7. The quantitative estimate of drug-likeness (QED) is 0.289. The number of para-hydroxylation sites is 1. The Morgan fingerprint density at radius 3 is 2.30 bits per heavy atom. The standard InChI is InChI=1S/C32H29F3N4O5/c33-32(34,35)24-5-4-6-25(19-24)39-27-21-38(13-14-42-15-16-43-17-18-44-26-7-2-1-3-8-26)30(40)28(27)29(37-31(39)41)23-11-9-22(20-36)10-12-23/h1-12,19,29H,13-18,21H2,(H,37,41). The minimum absolute atomic E-state index is 0.00129. The number of carbonyl (C=O) groups is 2. The molecule has 0 saturated heterocycles. The number of anilines is 1. The molecular formula is C32H29F3N4O5. The van der Waals surface area contributed by atoms with Gasteiger partial charge in [-0.2, -0.15) is 18.4 Å². The second-order valence-corrected chi connectivity index (χ2v) is 9.97. The molecule has 3 amide bonds. The predicted octanol–water partition coefficient (Wildman–Crippen LogP) is 5.06. The van der Waals surface area contributed by atoms with Gasteiger partial charge in [0.25, 0.3) is 5.91 Å². The van der Waals surface area contributed by atoms with Crippen molar-refractivity contribution in [3.63, 3.8) is 0 Å². The van der Waals surface area contributed by atoms with Crippen LogP contribution in [0.1, 0.15) is 22.7 Å². The first-order valence-corrected chi connectivity index (χ1v) is 13.9. The Bertz CT molecular complexity index is 1550. The molecule has 0 aromatic heterocycles. The fourth-order valence-corrected chi connectivity index (χ4v) is 5.00. The highest BCUT2D eigenvalue weighted by atomic mass is 19.4. The predicted molar refractivity (Wildman–Crippen MR) is 154 cm³/mol. The lowest BCUT2D eigenvalue weighted by atomic mass is 9.94. The van der Waals surface area contributed by atoms with E-state index in [0.29, 0.717) is 30.9 Å². The molecule has 228 valence electrons. The highest BCUT2D eigenvalue weighted by Gasteiger charge is 2.45. The maximum Gasteiger partial charge on any atom is 0.416 e. The molecule has 44 heavy (non-hydrogen) atoms. The highest BCUT2D eigenvalue weighted by molar-refractivity contribution is 6.07. The van der Waals surface area contributed by atoms with Crippen LogP contribution >= 0.6 is 0 Å². The first-order chi connectivity index (χ1) is 21.3. The highest BCUT2D eigenvalue weighted by Crippen LogP contribution is 2.40. The lowest BCUT2D eigenvalue weighted by molar-refractivity contribution is -0.137. The van der Waals surface area contributed by atoms with Gasteiger partial charge in [-0.25, -0.2) is 4.79 Å². The van der Waals surface area contributed by atoms with Gasteiger partial charge in [-0.1, -0.05) is 36.4 Å².